The smallest absolute Gasteiger partial charge is 0.281 e. The molecule has 1 amide bonds. The van der Waals surface area contributed by atoms with E-state index >= 15 is 0 Å². The SMILES string of the molecule is CC(C)CONC(=O)COc1ccc(Cl)cc1Cl. The molecule has 0 fully saturated rings. The summed E-state index contributed by atoms with van der Waals surface area (Å²) >= 11 is 11.6. The van der Waals surface area contributed by atoms with Crippen molar-refractivity contribution >= 4 is 29.1 Å². The van der Waals surface area contributed by atoms with Crippen molar-refractivity contribution in [3.8, 4) is 5.75 Å². The summed E-state index contributed by atoms with van der Waals surface area (Å²) in [5, 5.41) is 0.871. The molecule has 1 aromatic rings. The molecule has 6 heteroatoms. The highest BCUT2D eigenvalue weighted by Gasteiger charge is 2.06. The van der Waals surface area contributed by atoms with Gasteiger partial charge in [-0.25, -0.2) is 5.48 Å². The van der Waals surface area contributed by atoms with Crippen molar-refractivity contribution in [2.45, 2.75) is 13.8 Å². The molecule has 0 bridgehead atoms. The lowest BCUT2D eigenvalue weighted by Crippen LogP contribution is -2.30. The topological polar surface area (TPSA) is 47.6 Å². The molecular formula is C12H15Cl2NO3. The summed E-state index contributed by atoms with van der Waals surface area (Å²) in [5.74, 6) is 0.374. The number of hydroxylamine groups is 1. The maximum absolute atomic E-state index is 11.3. The minimum Gasteiger partial charge on any atom is -0.482 e. The largest absolute Gasteiger partial charge is 0.482 e. The van der Waals surface area contributed by atoms with Crippen LogP contribution in [0.15, 0.2) is 18.2 Å². The lowest BCUT2D eigenvalue weighted by atomic mass is 10.2. The van der Waals surface area contributed by atoms with E-state index in [1.807, 2.05) is 13.8 Å². The van der Waals surface area contributed by atoms with E-state index in [0.29, 0.717) is 28.3 Å². The van der Waals surface area contributed by atoms with E-state index in [-0.39, 0.29) is 12.5 Å². The molecule has 1 aromatic carbocycles. The molecule has 4 nitrogen and oxygen atoms in total. The maximum Gasteiger partial charge on any atom is 0.281 e. The van der Waals surface area contributed by atoms with Gasteiger partial charge in [-0.15, -0.1) is 0 Å². The Hall–Kier alpha value is -0.970. The van der Waals surface area contributed by atoms with Crippen LogP contribution in [0, 0.1) is 5.92 Å². The van der Waals surface area contributed by atoms with Crippen LogP contribution in [0.3, 0.4) is 0 Å². The van der Waals surface area contributed by atoms with Gasteiger partial charge in [-0.3, -0.25) is 9.63 Å². The van der Waals surface area contributed by atoms with Crippen molar-refractivity contribution < 1.29 is 14.4 Å². The quantitative estimate of drug-likeness (QED) is 0.820. The molecule has 1 rings (SSSR count). The fourth-order valence-corrected chi connectivity index (χ4v) is 1.52. The summed E-state index contributed by atoms with van der Waals surface area (Å²) in [6, 6.07) is 4.79. The highest BCUT2D eigenvalue weighted by molar-refractivity contribution is 6.35. The van der Waals surface area contributed by atoms with Crippen molar-refractivity contribution in [2.75, 3.05) is 13.2 Å². The van der Waals surface area contributed by atoms with Crippen molar-refractivity contribution in [3.63, 3.8) is 0 Å². The molecule has 18 heavy (non-hydrogen) atoms. The first-order valence-corrected chi connectivity index (χ1v) is 6.23. The number of halogens is 2. The molecule has 0 aliphatic rings. The molecule has 0 saturated carbocycles. The van der Waals surface area contributed by atoms with E-state index in [1.54, 1.807) is 18.2 Å². The predicted molar refractivity (Wildman–Crippen MR) is 70.9 cm³/mol. The van der Waals surface area contributed by atoms with Gasteiger partial charge in [-0.2, -0.15) is 0 Å². The highest BCUT2D eigenvalue weighted by atomic mass is 35.5. The Bertz CT molecular complexity index is 410. The summed E-state index contributed by atoms with van der Waals surface area (Å²) in [4.78, 5) is 16.3. The molecule has 0 saturated heterocycles. The maximum atomic E-state index is 11.3. The van der Waals surface area contributed by atoms with Gasteiger partial charge in [-0.05, 0) is 24.1 Å². The summed E-state index contributed by atoms with van der Waals surface area (Å²) in [6.45, 7) is 4.25. The summed E-state index contributed by atoms with van der Waals surface area (Å²) < 4.78 is 5.23. The van der Waals surface area contributed by atoms with Gasteiger partial charge in [0.05, 0.1) is 11.6 Å². The summed E-state index contributed by atoms with van der Waals surface area (Å²) in [5.41, 5.74) is 2.28. The number of amides is 1. The molecule has 0 aliphatic carbocycles. The van der Waals surface area contributed by atoms with Crippen molar-refractivity contribution in [1.82, 2.24) is 5.48 Å². The van der Waals surface area contributed by atoms with Gasteiger partial charge in [0.15, 0.2) is 6.61 Å². The molecule has 0 atom stereocenters. The van der Waals surface area contributed by atoms with E-state index in [0.717, 1.165) is 0 Å². The number of rotatable bonds is 6. The van der Waals surface area contributed by atoms with Gasteiger partial charge < -0.3 is 4.74 Å². The van der Waals surface area contributed by atoms with Crippen LogP contribution < -0.4 is 10.2 Å². The van der Waals surface area contributed by atoms with Crippen LogP contribution in [0.4, 0.5) is 0 Å². The van der Waals surface area contributed by atoms with Crippen molar-refractivity contribution in [1.29, 1.82) is 0 Å². The molecule has 0 radical (unpaired) electrons. The molecule has 0 spiro atoms. The Morgan fingerprint density at radius 2 is 2.11 bits per heavy atom. The van der Waals surface area contributed by atoms with Crippen LogP contribution in [0.2, 0.25) is 10.0 Å². The molecule has 0 aromatic heterocycles. The molecule has 1 N–H and O–H groups in total. The Labute approximate surface area is 116 Å². The minimum atomic E-state index is -0.373. The first kappa shape index (κ1) is 15.1. The summed E-state index contributed by atoms with van der Waals surface area (Å²) in [7, 11) is 0. The second-order valence-corrected chi connectivity index (χ2v) is 4.94. The zero-order valence-electron chi connectivity index (χ0n) is 10.2. The predicted octanol–water partition coefficient (Wildman–Crippen LogP) is 3.08. The van der Waals surface area contributed by atoms with E-state index in [1.165, 1.54) is 0 Å². The highest BCUT2D eigenvalue weighted by Crippen LogP contribution is 2.27. The van der Waals surface area contributed by atoms with E-state index < -0.39 is 0 Å². The number of ether oxygens (including phenoxy) is 1. The number of hydrogen-bond donors (Lipinski definition) is 1. The zero-order chi connectivity index (χ0) is 13.5. The first-order chi connectivity index (χ1) is 8.49. The van der Waals surface area contributed by atoms with Crippen LogP contribution in [-0.2, 0) is 9.63 Å². The first-order valence-electron chi connectivity index (χ1n) is 5.47. The van der Waals surface area contributed by atoms with Gasteiger partial charge in [0, 0.05) is 5.02 Å². The Kier molecular flexibility index (Phi) is 6.25. The number of nitrogens with one attached hydrogen (secondary N) is 1. The molecule has 100 valence electrons. The third kappa shape index (κ3) is 5.58. The van der Waals surface area contributed by atoms with Gasteiger partial charge in [0.1, 0.15) is 5.75 Å². The van der Waals surface area contributed by atoms with Crippen molar-refractivity contribution in [2.24, 2.45) is 5.92 Å². The minimum absolute atomic E-state index is 0.167. The number of carbonyl (C=O) groups excluding carboxylic acids is 1. The summed E-state index contributed by atoms with van der Waals surface area (Å²) in [6.07, 6.45) is 0. The zero-order valence-corrected chi connectivity index (χ0v) is 11.7. The normalized spacial score (nSPS) is 10.5. The third-order valence-electron chi connectivity index (χ3n) is 1.86. The van der Waals surface area contributed by atoms with Crippen molar-refractivity contribution in [3.05, 3.63) is 28.2 Å². The Morgan fingerprint density at radius 1 is 1.39 bits per heavy atom. The Morgan fingerprint density at radius 3 is 2.72 bits per heavy atom. The molecule has 0 unspecified atom stereocenters. The van der Waals surface area contributed by atoms with Gasteiger partial charge >= 0.3 is 0 Å². The molecule has 0 aliphatic heterocycles. The fraction of sp³-hybridized carbons (Fsp3) is 0.417. The van der Waals surface area contributed by atoms with Crippen LogP contribution >= 0.6 is 23.2 Å². The third-order valence-corrected chi connectivity index (χ3v) is 2.39. The Balaban J connectivity index is 2.33. The standard InChI is InChI=1S/C12H15Cl2NO3/c1-8(2)6-18-15-12(16)7-17-11-4-3-9(13)5-10(11)14/h3-5,8H,6-7H2,1-2H3,(H,15,16). The monoisotopic (exact) mass is 291 g/mol. The van der Waals surface area contributed by atoms with Gasteiger partial charge in [0.2, 0.25) is 0 Å². The average molecular weight is 292 g/mol. The second-order valence-electron chi connectivity index (χ2n) is 4.09. The van der Waals surface area contributed by atoms with Gasteiger partial charge in [0.25, 0.3) is 5.91 Å². The van der Waals surface area contributed by atoms with Crippen LogP contribution in [-0.4, -0.2) is 19.1 Å². The lowest BCUT2D eigenvalue weighted by molar-refractivity contribution is -0.136. The van der Waals surface area contributed by atoms with E-state index in [9.17, 15) is 4.79 Å². The second kappa shape index (κ2) is 7.46. The fourth-order valence-electron chi connectivity index (χ4n) is 1.05. The number of carbonyl (C=O) groups is 1. The van der Waals surface area contributed by atoms with E-state index in [2.05, 4.69) is 5.48 Å². The average Bonchev–Trinajstić information content (AvgIpc) is 2.27. The van der Waals surface area contributed by atoms with Crippen LogP contribution in [0.25, 0.3) is 0 Å². The van der Waals surface area contributed by atoms with Gasteiger partial charge in [-0.1, -0.05) is 37.0 Å². The lowest BCUT2D eigenvalue weighted by Gasteiger charge is -2.10. The van der Waals surface area contributed by atoms with Crippen LogP contribution in [0.1, 0.15) is 13.8 Å². The van der Waals surface area contributed by atoms with Crippen LogP contribution in [0.5, 0.6) is 5.75 Å². The molecular weight excluding hydrogens is 277 g/mol. The number of hydrogen-bond acceptors (Lipinski definition) is 3. The number of benzene rings is 1. The molecule has 0 heterocycles. The van der Waals surface area contributed by atoms with E-state index in [4.69, 9.17) is 32.8 Å².